The van der Waals surface area contributed by atoms with Gasteiger partial charge in [-0.05, 0) is 6.92 Å². The summed E-state index contributed by atoms with van der Waals surface area (Å²) in [7, 11) is 4.72. The SMILES string of the molecule is [B-]c1c(F)c(F)c(C)c(F)c1F. The summed E-state index contributed by atoms with van der Waals surface area (Å²) >= 11 is 0. The third-order valence-electron chi connectivity index (χ3n) is 1.52. The fourth-order valence-corrected chi connectivity index (χ4v) is 0.758. The first kappa shape index (κ1) is 9.10. The van der Waals surface area contributed by atoms with Crippen LogP contribution < -0.4 is 5.46 Å². The van der Waals surface area contributed by atoms with Gasteiger partial charge >= 0.3 is 0 Å². The Morgan fingerprint density at radius 1 is 0.833 bits per heavy atom. The van der Waals surface area contributed by atoms with Crippen LogP contribution >= 0.6 is 0 Å². The lowest BCUT2D eigenvalue weighted by molar-refractivity contribution is 0.454. The lowest BCUT2D eigenvalue weighted by Gasteiger charge is -2.13. The van der Waals surface area contributed by atoms with Gasteiger partial charge in [-0.3, -0.25) is 0 Å². The van der Waals surface area contributed by atoms with Gasteiger partial charge in [0.1, 0.15) is 11.6 Å². The highest BCUT2D eigenvalue weighted by atomic mass is 19.2. The van der Waals surface area contributed by atoms with Crippen LogP contribution in [-0.4, -0.2) is 7.85 Å². The van der Waals surface area contributed by atoms with E-state index < -0.39 is 34.3 Å². The standard InChI is InChI=1S/C7H3BF4/c1-2-4(9)6(11)3(8)7(12)5(2)10/h1H3/q-1. The van der Waals surface area contributed by atoms with E-state index in [0.29, 0.717) is 0 Å². The first-order valence-corrected chi connectivity index (χ1v) is 3.04. The lowest BCUT2D eigenvalue weighted by atomic mass is 9.93. The van der Waals surface area contributed by atoms with Gasteiger partial charge in [-0.15, -0.1) is 0 Å². The highest BCUT2D eigenvalue weighted by Gasteiger charge is 2.14. The van der Waals surface area contributed by atoms with Crippen LogP contribution in [0.25, 0.3) is 0 Å². The van der Waals surface area contributed by atoms with Crippen molar-refractivity contribution in [3.8, 4) is 0 Å². The molecule has 1 rings (SSSR count). The molecule has 0 N–H and O–H groups in total. The molecule has 0 aromatic heterocycles. The Hall–Kier alpha value is -0.995. The molecule has 0 fully saturated rings. The largest absolute Gasteiger partial charge is 0.572 e. The van der Waals surface area contributed by atoms with E-state index >= 15 is 0 Å². The Labute approximate surface area is 67.6 Å². The number of hydrogen-bond donors (Lipinski definition) is 0. The van der Waals surface area contributed by atoms with Gasteiger partial charge < -0.3 is 7.85 Å². The molecular weight excluding hydrogens is 171 g/mol. The second-order valence-electron chi connectivity index (χ2n) is 2.29. The van der Waals surface area contributed by atoms with E-state index in [1.165, 1.54) is 0 Å². The highest BCUT2D eigenvalue weighted by Crippen LogP contribution is 2.15. The van der Waals surface area contributed by atoms with E-state index in [1.54, 1.807) is 0 Å². The summed E-state index contributed by atoms with van der Waals surface area (Å²) in [5.74, 6) is -6.00. The molecule has 5 heteroatoms. The molecule has 0 aliphatic rings. The number of halogens is 4. The van der Waals surface area contributed by atoms with Crippen molar-refractivity contribution in [3.63, 3.8) is 0 Å². The van der Waals surface area contributed by atoms with Gasteiger partial charge in [-0.2, -0.15) is 0 Å². The van der Waals surface area contributed by atoms with E-state index in [9.17, 15) is 17.6 Å². The summed E-state index contributed by atoms with van der Waals surface area (Å²) in [6.07, 6.45) is 0. The summed E-state index contributed by atoms with van der Waals surface area (Å²) in [5, 5.41) is 0. The van der Waals surface area contributed by atoms with Gasteiger partial charge in [0, 0.05) is 5.56 Å². The zero-order valence-corrected chi connectivity index (χ0v) is 6.09. The molecule has 0 saturated carbocycles. The Morgan fingerprint density at radius 3 is 1.50 bits per heavy atom. The summed E-state index contributed by atoms with van der Waals surface area (Å²) < 4.78 is 50.2. The van der Waals surface area contributed by atoms with Crippen LogP contribution in [0.5, 0.6) is 0 Å². The molecule has 0 nitrogen and oxygen atoms in total. The molecule has 0 amide bonds. The Balaban J connectivity index is 3.60. The zero-order valence-electron chi connectivity index (χ0n) is 6.09. The van der Waals surface area contributed by atoms with Crippen molar-refractivity contribution in [3.05, 3.63) is 28.8 Å². The molecule has 0 saturated heterocycles. The van der Waals surface area contributed by atoms with E-state index in [-0.39, 0.29) is 0 Å². The molecule has 0 heterocycles. The highest BCUT2D eigenvalue weighted by molar-refractivity contribution is 6.32. The van der Waals surface area contributed by atoms with Gasteiger partial charge in [0.25, 0.3) is 0 Å². The van der Waals surface area contributed by atoms with Crippen molar-refractivity contribution in [1.29, 1.82) is 0 Å². The number of benzene rings is 1. The normalized spacial score (nSPS) is 10.5. The van der Waals surface area contributed by atoms with Crippen LogP contribution in [0.2, 0.25) is 0 Å². The minimum absolute atomic E-state index is 0.709. The van der Waals surface area contributed by atoms with E-state index in [0.717, 1.165) is 6.92 Å². The molecule has 1 aromatic carbocycles. The first-order valence-electron chi connectivity index (χ1n) is 3.04. The molecule has 1 aromatic rings. The number of hydrogen-bond acceptors (Lipinski definition) is 0. The summed E-state index contributed by atoms with van der Waals surface area (Å²) in [5.41, 5.74) is -1.84. The van der Waals surface area contributed by atoms with Crippen LogP contribution in [0, 0.1) is 30.2 Å². The maximum absolute atomic E-state index is 12.6. The lowest BCUT2D eigenvalue weighted by Crippen LogP contribution is -2.19. The van der Waals surface area contributed by atoms with Crippen LogP contribution in [-0.2, 0) is 0 Å². The van der Waals surface area contributed by atoms with Gasteiger partial charge in [0.15, 0.2) is 11.6 Å². The Kier molecular flexibility index (Phi) is 2.13. The smallest absolute Gasteiger partial charge is 0.161 e. The third-order valence-corrected chi connectivity index (χ3v) is 1.52. The molecule has 0 aliphatic carbocycles. The number of rotatable bonds is 0. The molecular formula is C7H3BF4-. The molecule has 12 heavy (non-hydrogen) atoms. The van der Waals surface area contributed by atoms with Crippen molar-refractivity contribution >= 4 is 13.3 Å². The minimum atomic E-state index is -1.55. The Morgan fingerprint density at radius 2 is 1.17 bits per heavy atom. The summed E-state index contributed by atoms with van der Waals surface area (Å²) in [6.45, 7) is 0.927. The topological polar surface area (TPSA) is 0 Å². The van der Waals surface area contributed by atoms with Gasteiger partial charge in [0.2, 0.25) is 0 Å². The fourth-order valence-electron chi connectivity index (χ4n) is 0.758. The Bertz CT molecular complexity index is 230. The van der Waals surface area contributed by atoms with Crippen LogP contribution in [0.4, 0.5) is 17.6 Å². The van der Waals surface area contributed by atoms with Crippen LogP contribution in [0.3, 0.4) is 0 Å². The molecule has 0 atom stereocenters. The summed E-state index contributed by atoms with van der Waals surface area (Å²) in [4.78, 5) is 0. The van der Waals surface area contributed by atoms with Gasteiger partial charge in [-0.1, -0.05) is 0 Å². The average molecular weight is 174 g/mol. The predicted molar refractivity (Wildman–Crippen MR) is 36.4 cm³/mol. The zero-order chi connectivity index (χ0) is 9.46. The molecule has 63 valence electrons. The fraction of sp³-hybridized carbons (Fsp3) is 0.143. The van der Waals surface area contributed by atoms with Crippen molar-refractivity contribution in [2.45, 2.75) is 6.92 Å². The van der Waals surface area contributed by atoms with Crippen molar-refractivity contribution < 1.29 is 17.6 Å². The van der Waals surface area contributed by atoms with Crippen molar-refractivity contribution in [2.75, 3.05) is 0 Å². The van der Waals surface area contributed by atoms with Crippen LogP contribution in [0.1, 0.15) is 5.56 Å². The monoisotopic (exact) mass is 174 g/mol. The molecule has 3 radical (unpaired) electrons. The predicted octanol–water partition coefficient (Wildman–Crippen LogP) is 1.35. The van der Waals surface area contributed by atoms with Gasteiger partial charge in [0.05, 0.1) is 0 Å². The molecule has 0 bridgehead atoms. The second-order valence-corrected chi connectivity index (χ2v) is 2.29. The average Bonchev–Trinajstić information content (AvgIpc) is 2.08. The minimum Gasteiger partial charge on any atom is -0.572 e. The van der Waals surface area contributed by atoms with E-state index in [2.05, 4.69) is 0 Å². The quantitative estimate of drug-likeness (QED) is 0.316. The van der Waals surface area contributed by atoms with E-state index in [1.807, 2.05) is 0 Å². The van der Waals surface area contributed by atoms with E-state index in [4.69, 9.17) is 7.85 Å². The van der Waals surface area contributed by atoms with Crippen molar-refractivity contribution in [1.82, 2.24) is 0 Å². The van der Waals surface area contributed by atoms with Gasteiger partial charge in [-0.25, -0.2) is 23.0 Å². The van der Waals surface area contributed by atoms with Crippen LogP contribution in [0.15, 0.2) is 0 Å². The maximum Gasteiger partial charge on any atom is 0.161 e. The third kappa shape index (κ3) is 1.09. The summed E-state index contributed by atoms with van der Waals surface area (Å²) in [6, 6.07) is 0. The second kappa shape index (κ2) is 2.81. The maximum atomic E-state index is 12.6. The first-order chi connectivity index (χ1) is 5.46. The molecule has 0 spiro atoms. The molecule has 0 unspecified atom stereocenters. The van der Waals surface area contributed by atoms with Crippen molar-refractivity contribution in [2.24, 2.45) is 0 Å². The molecule has 0 aliphatic heterocycles.